The summed E-state index contributed by atoms with van der Waals surface area (Å²) in [5.74, 6) is -0.179. The minimum absolute atomic E-state index is 0.179. The van der Waals surface area contributed by atoms with Crippen LogP contribution in [-0.4, -0.2) is 16.1 Å². The maximum Gasteiger partial charge on any atom is 0.573 e. The first-order valence-electron chi connectivity index (χ1n) is 7.91. The van der Waals surface area contributed by atoms with Crippen LogP contribution in [0.2, 0.25) is 0 Å². The number of aromatic nitrogens is 2. The normalized spacial score (nSPS) is 16.0. The molecule has 1 fully saturated rings. The third-order valence-corrected chi connectivity index (χ3v) is 4.21. The molecule has 1 saturated carbocycles. The van der Waals surface area contributed by atoms with E-state index in [9.17, 15) is 13.2 Å². The molecule has 1 aliphatic rings. The Labute approximate surface area is 133 Å². The van der Waals surface area contributed by atoms with Crippen LogP contribution in [-0.2, 0) is 6.42 Å². The first-order valence-corrected chi connectivity index (χ1v) is 7.91. The molecule has 124 valence electrons. The summed E-state index contributed by atoms with van der Waals surface area (Å²) in [6, 6.07) is 8.39. The van der Waals surface area contributed by atoms with Gasteiger partial charge in [0.05, 0.1) is 17.4 Å². The van der Waals surface area contributed by atoms with E-state index < -0.39 is 6.36 Å². The number of para-hydroxylation sites is 1. The lowest BCUT2D eigenvalue weighted by Crippen LogP contribution is -2.18. The van der Waals surface area contributed by atoms with Gasteiger partial charge in [-0.25, -0.2) is 0 Å². The fraction of sp³-hybridized carbons (Fsp3) is 0.471. The minimum atomic E-state index is -4.71. The maximum absolute atomic E-state index is 12.7. The smallest absolute Gasteiger partial charge is 0.405 e. The lowest BCUT2D eigenvalue weighted by Gasteiger charge is -2.17. The summed E-state index contributed by atoms with van der Waals surface area (Å²) in [6.07, 6.45) is 0.329. The van der Waals surface area contributed by atoms with Gasteiger partial charge in [-0.3, -0.25) is 4.68 Å². The van der Waals surface area contributed by atoms with E-state index in [0.717, 1.165) is 37.8 Å². The number of nitrogens with zero attached hydrogens (tertiary/aromatic N) is 2. The van der Waals surface area contributed by atoms with Gasteiger partial charge in [0.25, 0.3) is 0 Å². The second-order valence-electron chi connectivity index (χ2n) is 5.80. The van der Waals surface area contributed by atoms with Crippen LogP contribution in [0.1, 0.15) is 44.3 Å². The van der Waals surface area contributed by atoms with Crippen LogP contribution >= 0.6 is 0 Å². The van der Waals surface area contributed by atoms with Crippen LogP contribution in [0, 0.1) is 0 Å². The topological polar surface area (TPSA) is 27.1 Å². The Bertz CT molecular complexity index is 673. The van der Waals surface area contributed by atoms with Gasteiger partial charge in [0.15, 0.2) is 0 Å². The molecule has 0 atom stereocenters. The van der Waals surface area contributed by atoms with Crippen molar-refractivity contribution in [2.45, 2.75) is 51.4 Å². The van der Waals surface area contributed by atoms with Gasteiger partial charge in [0.2, 0.25) is 0 Å². The van der Waals surface area contributed by atoms with Crippen molar-refractivity contribution in [3.05, 3.63) is 36.0 Å². The van der Waals surface area contributed by atoms with Gasteiger partial charge < -0.3 is 4.74 Å². The zero-order valence-electron chi connectivity index (χ0n) is 12.9. The monoisotopic (exact) mass is 324 g/mol. The van der Waals surface area contributed by atoms with Gasteiger partial charge in [-0.15, -0.1) is 13.2 Å². The average molecular weight is 324 g/mol. The van der Waals surface area contributed by atoms with Crippen molar-refractivity contribution >= 4 is 0 Å². The number of rotatable bonds is 4. The molecular weight excluding hydrogens is 305 g/mol. The van der Waals surface area contributed by atoms with Crippen molar-refractivity contribution in [3.8, 4) is 17.0 Å². The molecule has 0 radical (unpaired) electrons. The molecule has 3 rings (SSSR count). The van der Waals surface area contributed by atoms with Crippen LogP contribution in [0.5, 0.6) is 5.75 Å². The molecule has 3 nitrogen and oxygen atoms in total. The molecule has 1 aliphatic carbocycles. The number of ether oxygens (including phenoxy) is 1. The Kier molecular flexibility index (Phi) is 4.33. The molecular formula is C17H19F3N2O. The van der Waals surface area contributed by atoms with E-state index in [0.29, 0.717) is 11.3 Å². The Morgan fingerprint density at radius 3 is 2.57 bits per heavy atom. The van der Waals surface area contributed by atoms with E-state index in [2.05, 4.69) is 9.84 Å². The van der Waals surface area contributed by atoms with Crippen LogP contribution in [0.25, 0.3) is 11.3 Å². The van der Waals surface area contributed by atoms with Gasteiger partial charge in [-0.2, -0.15) is 5.10 Å². The van der Waals surface area contributed by atoms with Crippen LogP contribution in [0.15, 0.2) is 30.3 Å². The summed E-state index contributed by atoms with van der Waals surface area (Å²) in [6.45, 7) is 1.99. The summed E-state index contributed by atoms with van der Waals surface area (Å²) in [5, 5.41) is 4.60. The number of alkyl halides is 3. The Hall–Kier alpha value is -1.98. The van der Waals surface area contributed by atoms with Gasteiger partial charge in [-0.05, 0) is 37.5 Å². The highest BCUT2D eigenvalue weighted by molar-refractivity contribution is 5.68. The standard InChI is InChI=1S/C17H19F3N2O/c1-2-12-11-15(22(21-12)13-7-3-4-8-13)14-9-5-6-10-16(14)23-17(18,19)20/h5-6,9-11,13H,2-4,7-8H2,1H3. The van der Waals surface area contributed by atoms with E-state index >= 15 is 0 Å². The van der Waals surface area contributed by atoms with Crippen molar-refractivity contribution in [2.24, 2.45) is 0 Å². The van der Waals surface area contributed by atoms with E-state index in [1.807, 2.05) is 17.7 Å². The van der Waals surface area contributed by atoms with Crippen LogP contribution < -0.4 is 4.74 Å². The molecule has 1 heterocycles. The molecule has 1 aromatic carbocycles. The third-order valence-electron chi connectivity index (χ3n) is 4.21. The number of hydrogen-bond donors (Lipinski definition) is 0. The molecule has 0 N–H and O–H groups in total. The number of halogens is 3. The summed E-state index contributed by atoms with van der Waals surface area (Å²) in [7, 11) is 0. The molecule has 0 amide bonds. The Balaban J connectivity index is 2.06. The molecule has 1 aromatic heterocycles. The van der Waals surface area contributed by atoms with Crippen molar-refractivity contribution in [2.75, 3.05) is 0 Å². The summed E-state index contributed by atoms with van der Waals surface area (Å²) in [4.78, 5) is 0. The van der Waals surface area contributed by atoms with Gasteiger partial charge in [-0.1, -0.05) is 31.9 Å². The highest BCUT2D eigenvalue weighted by Gasteiger charge is 2.33. The van der Waals surface area contributed by atoms with Crippen molar-refractivity contribution in [1.29, 1.82) is 0 Å². The fourth-order valence-corrected chi connectivity index (χ4v) is 3.14. The molecule has 23 heavy (non-hydrogen) atoms. The van der Waals surface area contributed by atoms with Gasteiger partial charge >= 0.3 is 6.36 Å². The van der Waals surface area contributed by atoms with E-state index in [1.165, 1.54) is 6.07 Å². The number of hydrogen-bond acceptors (Lipinski definition) is 2. The lowest BCUT2D eigenvalue weighted by atomic mass is 10.1. The summed E-state index contributed by atoms with van der Waals surface area (Å²) in [5.41, 5.74) is 2.02. The average Bonchev–Trinajstić information content (AvgIpc) is 3.15. The first kappa shape index (κ1) is 15.9. The van der Waals surface area contributed by atoms with Crippen LogP contribution in [0.3, 0.4) is 0 Å². The van der Waals surface area contributed by atoms with Crippen molar-refractivity contribution in [3.63, 3.8) is 0 Å². The van der Waals surface area contributed by atoms with Crippen molar-refractivity contribution in [1.82, 2.24) is 9.78 Å². The Morgan fingerprint density at radius 2 is 1.91 bits per heavy atom. The molecule has 6 heteroatoms. The lowest BCUT2D eigenvalue weighted by molar-refractivity contribution is -0.274. The largest absolute Gasteiger partial charge is 0.573 e. The first-order chi connectivity index (χ1) is 11.0. The molecule has 0 aliphatic heterocycles. The molecule has 0 spiro atoms. The van der Waals surface area contributed by atoms with Crippen molar-refractivity contribution < 1.29 is 17.9 Å². The zero-order chi connectivity index (χ0) is 16.4. The predicted octanol–water partition coefficient (Wildman–Crippen LogP) is 5.13. The highest BCUT2D eigenvalue weighted by Crippen LogP contribution is 2.38. The third kappa shape index (κ3) is 3.51. The second-order valence-corrected chi connectivity index (χ2v) is 5.80. The van der Waals surface area contributed by atoms with E-state index in [-0.39, 0.29) is 11.8 Å². The summed E-state index contributed by atoms with van der Waals surface area (Å²) < 4.78 is 44.1. The number of aryl methyl sites for hydroxylation is 1. The van der Waals surface area contributed by atoms with E-state index in [4.69, 9.17) is 0 Å². The minimum Gasteiger partial charge on any atom is -0.405 e. The zero-order valence-corrected chi connectivity index (χ0v) is 12.9. The fourth-order valence-electron chi connectivity index (χ4n) is 3.14. The van der Waals surface area contributed by atoms with Crippen LogP contribution in [0.4, 0.5) is 13.2 Å². The quantitative estimate of drug-likeness (QED) is 0.780. The van der Waals surface area contributed by atoms with Gasteiger partial charge in [0, 0.05) is 5.56 Å². The molecule has 0 saturated heterocycles. The predicted molar refractivity (Wildman–Crippen MR) is 81.2 cm³/mol. The van der Waals surface area contributed by atoms with Gasteiger partial charge in [0.1, 0.15) is 5.75 Å². The molecule has 0 unspecified atom stereocenters. The SMILES string of the molecule is CCc1cc(-c2ccccc2OC(F)(F)F)n(C2CCCC2)n1. The second kappa shape index (κ2) is 6.26. The highest BCUT2D eigenvalue weighted by atomic mass is 19.4. The van der Waals surface area contributed by atoms with E-state index in [1.54, 1.807) is 18.2 Å². The number of benzene rings is 1. The summed E-state index contributed by atoms with van der Waals surface area (Å²) >= 11 is 0. The molecule has 0 bridgehead atoms. The maximum atomic E-state index is 12.7. The molecule has 2 aromatic rings. The Morgan fingerprint density at radius 1 is 1.22 bits per heavy atom.